The molecule has 0 spiro atoms. The molecule has 0 unspecified atom stereocenters. The summed E-state index contributed by atoms with van der Waals surface area (Å²) in [5, 5.41) is 0.626. The third-order valence-corrected chi connectivity index (χ3v) is 4.13. The molecule has 3 rings (SSSR count). The maximum absolute atomic E-state index is 11.5. The average molecular weight is 279 g/mol. The molecule has 100 valence electrons. The highest BCUT2D eigenvalue weighted by atomic mass is 35.5. The van der Waals surface area contributed by atoms with Crippen molar-refractivity contribution < 1.29 is 14.3 Å². The molecule has 0 amide bonds. The van der Waals surface area contributed by atoms with Crippen molar-refractivity contribution in [2.45, 2.75) is 12.8 Å². The third kappa shape index (κ3) is 2.12. The van der Waals surface area contributed by atoms with E-state index < -0.39 is 0 Å². The van der Waals surface area contributed by atoms with Crippen LogP contribution in [0.15, 0.2) is 18.7 Å². The van der Waals surface area contributed by atoms with Gasteiger partial charge in [0.1, 0.15) is 5.75 Å². The quantitative estimate of drug-likeness (QED) is 0.797. The van der Waals surface area contributed by atoms with Gasteiger partial charge in [-0.3, -0.25) is 4.79 Å². The molecule has 2 aliphatic rings. The van der Waals surface area contributed by atoms with Crippen LogP contribution < -0.4 is 4.74 Å². The van der Waals surface area contributed by atoms with Crippen LogP contribution in [0.4, 0.5) is 0 Å². The van der Waals surface area contributed by atoms with Crippen LogP contribution in [0.5, 0.6) is 5.75 Å². The largest absolute Gasteiger partial charge is 0.491 e. The molecule has 0 radical (unpaired) electrons. The van der Waals surface area contributed by atoms with Crippen LogP contribution in [0.25, 0.3) is 5.57 Å². The standard InChI is InChI=1S/C15H15ClO3/c1-8(11-7-12(11)15(17)18-2)10-5-9-3-4-19-14(9)13(16)6-10/h5-6,11-12H,1,3-4,7H2,2H3/t11-,12+/m1/s1. The van der Waals surface area contributed by atoms with Gasteiger partial charge in [0.15, 0.2) is 0 Å². The summed E-state index contributed by atoms with van der Waals surface area (Å²) in [5.41, 5.74) is 3.09. The zero-order valence-electron chi connectivity index (χ0n) is 10.7. The van der Waals surface area contributed by atoms with Crippen molar-refractivity contribution in [1.29, 1.82) is 0 Å². The SMILES string of the molecule is C=C(c1cc(Cl)c2c(c1)CCO2)[C@H]1C[C@@H]1C(=O)OC. The van der Waals surface area contributed by atoms with Crippen molar-refractivity contribution in [3.63, 3.8) is 0 Å². The van der Waals surface area contributed by atoms with Gasteiger partial charge in [-0.05, 0) is 41.2 Å². The molecular formula is C15H15ClO3. The molecule has 1 aliphatic heterocycles. The van der Waals surface area contributed by atoms with Crippen molar-refractivity contribution >= 4 is 23.1 Å². The number of carbonyl (C=O) groups is 1. The maximum atomic E-state index is 11.5. The van der Waals surface area contributed by atoms with Gasteiger partial charge in [-0.25, -0.2) is 0 Å². The van der Waals surface area contributed by atoms with Gasteiger partial charge in [0.05, 0.1) is 24.7 Å². The first-order valence-corrected chi connectivity index (χ1v) is 6.72. The van der Waals surface area contributed by atoms with Gasteiger partial charge < -0.3 is 9.47 Å². The van der Waals surface area contributed by atoms with Crippen LogP contribution in [-0.2, 0) is 16.0 Å². The summed E-state index contributed by atoms with van der Waals surface area (Å²) in [4.78, 5) is 11.5. The Morgan fingerprint density at radius 1 is 1.47 bits per heavy atom. The summed E-state index contributed by atoms with van der Waals surface area (Å²) >= 11 is 6.21. The van der Waals surface area contributed by atoms with E-state index in [2.05, 4.69) is 12.6 Å². The predicted octanol–water partition coefficient (Wildman–Crippen LogP) is 3.10. The van der Waals surface area contributed by atoms with Gasteiger partial charge in [0, 0.05) is 6.42 Å². The number of allylic oxidation sites excluding steroid dienone is 1. The maximum Gasteiger partial charge on any atom is 0.309 e. The number of halogens is 1. The molecule has 2 atom stereocenters. The molecule has 0 N–H and O–H groups in total. The van der Waals surface area contributed by atoms with Gasteiger partial charge in [-0.1, -0.05) is 18.2 Å². The van der Waals surface area contributed by atoms with E-state index in [1.54, 1.807) is 0 Å². The second-order valence-electron chi connectivity index (χ2n) is 5.04. The number of ether oxygens (including phenoxy) is 2. The summed E-state index contributed by atoms with van der Waals surface area (Å²) < 4.78 is 10.2. The van der Waals surface area contributed by atoms with Crippen LogP contribution in [0, 0.1) is 11.8 Å². The van der Waals surface area contributed by atoms with E-state index in [-0.39, 0.29) is 17.8 Å². The number of hydrogen-bond donors (Lipinski definition) is 0. The zero-order chi connectivity index (χ0) is 13.6. The molecular weight excluding hydrogens is 264 g/mol. The van der Waals surface area contributed by atoms with Crippen LogP contribution in [0.3, 0.4) is 0 Å². The summed E-state index contributed by atoms with van der Waals surface area (Å²) in [6, 6.07) is 3.95. The van der Waals surface area contributed by atoms with E-state index in [0.717, 1.165) is 35.3 Å². The van der Waals surface area contributed by atoms with Gasteiger partial charge in [-0.15, -0.1) is 0 Å². The van der Waals surface area contributed by atoms with Crippen molar-refractivity contribution in [3.8, 4) is 5.75 Å². The number of esters is 1. The molecule has 1 aliphatic carbocycles. The number of fused-ring (bicyclic) bond motifs is 1. The lowest BCUT2D eigenvalue weighted by Crippen LogP contribution is -2.04. The van der Waals surface area contributed by atoms with Crippen LogP contribution in [0.2, 0.25) is 5.02 Å². The Morgan fingerprint density at radius 3 is 3.00 bits per heavy atom. The van der Waals surface area contributed by atoms with E-state index in [9.17, 15) is 4.79 Å². The molecule has 1 heterocycles. The molecule has 0 saturated heterocycles. The Morgan fingerprint density at radius 2 is 2.26 bits per heavy atom. The number of hydrogen-bond acceptors (Lipinski definition) is 3. The lowest BCUT2D eigenvalue weighted by Gasteiger charge is -2.09. The highest BCUT2D eigenvalue weighted by Gasteiger charge is 2.45. The van der Waals surface area contributed by atoms with Gasteiger partial charge in [0.2, 0.25) is 0 Å². The first kappa shape index (κ1) is 12.5. The lowest BCUT2D eigenvalue weighted by atomic mass is 9.99. The topological polar surface area (TPSA) is 35.5 Å². The smallest absolute Gasteiger partial charge is 0.309 e. The minimum atomic E-state index is -0.151. The van der Waals surface area contributed by atoms with Crippen molar-refractivity contribution in [2.75, 3.05) is 13.7 Å². The van der Waals surface area contributed by atoms with Gasteiger partial charge >= 0.3 is 5.97 Å². The van der Waals surface area contributed by atoms with E-state index in [4.69, 9.17) is 21.1 Å². The fraction of sp³-hybridized carbons (Fsp3) is 0.400. The third-order valence-electron chi connectivity index (χ3n) is 3.85. The van der Waals surface area contributed by atoms with E-state index in [0.29, 0.717) is 11.6 Å². The molecule has 0 aromatic heterocycles. The number of methoxy groups -OCH3 is 1. The number of rotatable bonds is 3. The Labute approximate surface area is 117 Å². The summed E-state index contributed by atoms with van der Waals surface area (Å²) in [7, 11) is 1.42. The first-order chi connectivity index (χ1) is 9.11. The minimum Gasteiger partial charge on any atom is -0.491 e. The van der Waals surface area contributed by atoms with E-state index in [1.807, 2.05) is 6.07 Å². The fourth-order valence-electron chi connectivity index (χ4n) is 2.65. The average Bonchev–Trinajstić information content (AvgIpc) is 3.06. The molecule has 0 bridgehead atoms. The number of benzene rings is 1. The molecule has 1 saturated carbocycles. The highest BCUT2D eigenvalue weighted by Crippen LogP contribution is 2.49. The van der Waals surface area contributed by atoms with Crippen LogP contribution in [-0.4, -0.2) is 19.7 Å². The van der Waals surface area contributed by atoms with Crippen molar-refractivity contribution in [3.05, 3.63) is 34.9 Å². The highest BCUT2D eigenvalue weighted by molar-refractivity contribution is 6.32. The Kier molecular flexibility index (Phi) is 3.02. The number of carbonyl (C=O) groups excluding carboxylic acids is 1. The van der Waals surface area contributed by atoms with Crippen molar-refractivity contribution in [2.24, 2.45) is 11.8 Å². The molecule has 19 heavy (non-hydrogen) atoms. The Bertz CT molecular complexity index is 565. The van der Waals surface area contributed by atoms with Gasteiger partial charge in [-0.2, -0.15) is 0 Å². The monoisotopic (exact) mass is 278 g/mol. The van der Waals surface area contributed by atoms with Gasteiger partial charge in [0.25, 0.3) is 0 Å². The first-order valence-electron chi connectivity index (χ1n) is 6.34. The van der Waals surface area contributed by atoms with E-state index in [1.165, 1.54) is 7.11 Å². The summed E-state index contributed by atoms with van der Waals surface area (Å²) in [5.74, 6) is 0.782. The zero-order valence-corrected chi connectivity index (χ0v) is 11.5. The fourth-order valence-corrected chi connectivity index (χ4v) is 2.95. The minimum absolute atomic E-state index is 0.0409. The Balaban J connectivity index is 1.82. The molecule has 4 heteroatoms. The van der Waals surface area contributed by atoms with Crippen LogP contribution in [0.1, 0.15) is 17.5 Å². The van der Waals surface area contributed by atoms with E-state index >= 15 is 0 Å². The lowest BCUT2D eigenvalue weighted by molar-refractivity contribution is -0.142. The predicted molar refractivity (Wildman–Crippen MR) is 73.3 cm³/mol. The second-order valence-corrected chi connectivity index (χ2v) is 5.45. The summed E-state index contributed by atoms with van der Waals surface area (Å²) in [6.45, 7) is 4.79. The normalized spacial score (nSPS) is 23.5. The van der Waals surface area contributed by atoms with Crippen LogP contribution >= 0.6 is 11.6 Å². The second kappa shape index (κ2) is 4.57. The summed E-state index contributed by atoms with van der Waals surface area (Å²) in [6.07, 6.45) is 1.69. The molecule has 1 fully saturated rings. The molecule has 1 aromatic carbocycles. The molecule has 3 nitrogen and oxygen atoms in total. The Hall–Kier alpha value is -1.48. The molecule has 1 aromatic rings. The van der Waals surface area contributed by atoms with Crippen molar-refractivity contribution in [1.82, 2.24) is 0 Å².